The number of rotatable bonds is 2. The Kier molecular flexibility index (Phi) is 2.55. The number of nitrogen functional groups attached to an aromatic ring is 1. The average molecular weight is 219 g/mol. The predicted octanol–water partition coefficient (Wildman–Crippen LogP) is 0.301. The molecular weight excluding hydrogens is 206 g/mol. The van der Waals surface area contributed by atoms with E-state index in [9.17, 15) is 4.79 Å². The van der Waals surface area contributed by atoms with Gasteiger partial charge in [0.25, 0.3) is 0 Å². The summed E-state index contributed by atoms with van der Waals surface area (Å²) in [5.74, 6) is 1.13. The standard InChI is InChI=1S/C10H13N5O/c1-3-7-4-8(16)15(5-7)10-13-6(2)12-9(11)14-10/h3,7H,1,4-5H2,2H3,(H2,11,12,13,14). The summed E-state index contributed by atoms with van der Waals surface area (Å²) in [5, 5.41) is 0. The molecule has 1 saturated heterocycles. The number of hydrogen-bond donors (Lipinski definition) is 1. The van der Waals surface area contributed by atoms with Crippen molar-refractivity contribution in [3.05, 3.63) is 18.5 Å². The lowest BCUT2D eigenvalue weighted by molar-refractivity contribution is -0.117. The summed E-state index contributed by atoms with van der Waals surface area (Å²) in [7, 11) is 0. The summed E-state index contributed by atoms with van der Waals surface area (Å²) >= 11 is 0. The lowest BCUT2D eigenvalue weighted by atomic mass is 10.1. The molecule has 6 nitrogen and oxygen atoms in total. The minimum atomic E-state index is -0.00472. The Balaban J connectivity index is 2.30. The summed E-state index contributed by atoms with van der Waals surface area (Å²) in [6.07, 6.45) is 2.23. The lowest BCUT2D eigenvalue weighted by Gasteiger charge is -2.13. The number of anilines is 2. The second kappa shape index (κ2) is 3.88. The van der Waals surface area contributed by atoms with Crippen LogP contribution in [0.25, 0.3) is 0 Å². The van der Waals surface area contributed by atoms with Gasteiger partial charge >= 0.3 is 0 Å². The van der Waals surface area contributed by atoms with Crippen LogP contribution in [-0.2, 0) is 4.79 Å². The van der Waals surface area contributed by atoms with Crippen LogP contribution in [0.4, 0.5) is 11.9 Å². The SMILES string of the molecule is C=CC1CC(=O)N(c2nc(C)nc(N)n2)C1. The lowest BCUT2D eigenvalue weighted by Crippen LogP contribution is -2.27. The zero-order valence-corrected chi connectivity index (χ0v) is 9.05. The van der Waals surface area contributed by atoms with Gasteiger partial charge in [-0.2, -0.15) is 15.0 Å². The Morgan fingerprint density at radius 1 is 1.50 bits per heavy atom. The molecule has 1 amide bonds. The van der Waals surface area contributed by atoms with Crippen LogP contribution in [0.3, 0.4) is 0 Å². The van der Waals surface area contributed by atoms with E-state index in [4.69, 9.17) is 5.73 Å². The Bertz CT molecular complexity index is 425. The van der Waals surface area contributed by atoms with E-state index in [-0.39, 0.29) is 17.8 Å². The first-order valence-electron chi connectivity index (χ1n) is 5.01. The molecule has 0 aliphatic carbocycles. The summed E-state index contributed by atoms with van der Waals surface area (Å²) in [4.78, 5) is 25.2. The van der Waals surface area contributed by atoms with Crippen LogP contribution < -0.4 is 10.6 Å². The van der Waals surface area contributed by atoms with Gasteiger partial charge in [-0.1, -0.05) is 6.08 Å². The molecule has 16 heavy (non-hydrogen) atoms. The Morgan fingerprint density at radius 2 is 2.25 bits per heavy atom. The smallest absolute Gasteiger partial charge is 0.237 e. The van der Waals surface area contributed by atoms with Crippen LogP contribution in [0.15, 0.2) is 12.7 Å². The fourth-order valence-electron chi connectivity index (χ4n) is 1.70. The summed E-state index contributed by atoms with van der Waals surface area (Å²) < 4.78 is 0. The van der Waals surface area contributed by atoms with Crippen molar-refractivity contribution in [3.63, 3.8) is 0 Å². The maximum Gasteiger partial charge on any atom is 0.237 e. The maximum absolute atomic E-state index is 11.7. The fraction of sp³-hybridized carbons (Fsp3) is 0.400. The first-order chi connectivity index (χ1) is 7.60. The number of hydrogen-bond acceptors (Lipinski definition) is 5. The maximum atomic E-state index is 11.7. The number of carbonyl (C=O) groups is 1. The van der Waals surface area contributed by atoms with Gasteiger partial charge in [0.05, 0.1) is 0 Å². The number of nitrogens with zero attached hydrogens (tertiary/aromatic N) is 4. The number of carbonyl (C=O) groups excluding carboxylic acids is 1. The normalized spacial score (nSPS) is 20.2. The number of nitrogens with two attached hydrogens (primary N) is 1. The van der Waals surface area contributed by atoms with E-state index in [0.29, 0.717) is 24.7 Å². The molecule has 1 aromatic rings. The van der Waals surface area contributed by atoms with Crippen LogP contribution in [0.2, 0.25) is 0 Å². The van der Waals surface area contributed by atoms with Crippen molar-refractivity contribution in [2.75, 3.05) is 17.2 Å². The van der Waals surface area contributed by atoms with Crippen LogP contribution >= 0.6 is 0 Å². The third-order valence-electron chi connectivity index (χ3n) is 2.48. The van der Waals surface area contributed by atoms with Crippen LogP contribution in [0.1, 0.15) is 12.2 Å². The van der Waals surface area contributed by atoms with Gasteiger partial charge in [0, 0.05) is 18.9 Å². The van der Waals surface area contributed by atoms with Crippen molar-refractivity contribution in [1.82, 2.24) is 15.0 Å². The van der Waals surface area contributed by atoms with Gasteiger partial charge in [-0.25, -0.2) is 0 Å². The van der Waals surface area contributed by atoms with E-state index in [0.717, 1.165) is 0 Å². The molecule has 84 valence electrons. The van der Waals surface area contributed by atoms with Crippen LogP contribution in [0, 0.1) is 12.8 Å². The van der Waals surface area contributed by atoms with E-state index in [1.54, 1.807) is 13.0 Å². The van der Waals surface area contributed by atoms with Crippen molar-refractivity contribution >= 4 is 17.8 Å². The molecular formula is C10H13N5O. The third kappa shape index (κ3) is 1.86. The van der Waals surface area contributed by atoms with Crippen LogP contribution in [-0.4, -0.2) is 27.4 Å². The zero-order chi connectivity index (χ0) is 11.7. The molecule has 1 aliphatic heterocycles. The first kappa shape index (κ1) is 10.5. The molecule has 1 aliphatic rings. The summed E-state index contributed by atoms with van der Waals surface area (Å²) in [5.41, 5.74) is 5.52. The van der Waals surface area contributed by atoms with Gasteiger partial charge in [0.1, 0.15) is 5.82 Å². The highest BCUT2D eigenvalue weighted by Gasteiger charge is 2.30. The van der Waals surface area contributed by atoms with Gasteiger partial charge in [0.15, 0.2) is 0 Å². The molecule has 0 bridgehead atoms. The third-order valence-corrected chi connectivity index (χ3v) is 2.48. The molecule has 0 radical (unpaired) electrons. The largest absolute Gasteiger partial charge is 0.368 e. The van der Waals surface area contributed by atoms with E-state index >= 15 is 0 Å². The van der Waals surface area contributed by atoms with Crippen molar-refractivity contribution in [1.29, 1.82) is 0 Å². The van der Waals surface area contributed by atoms with E-state index in [1.165, 1.54) is 4.90 Å². The van der Waals surface area contributed by atoms with Gasteiger partial charge in [-0.15, -0.1) is 6.58 Å². The average Bonchev–Trinajstić information content (AvgIpc) is 2.58. The molecule has 6 heteroatoms. The fourth-order valence-corrected chi connectivity index (χ4v) is 1.70. The molecule has 2 N–H and O–H groups in total. The Labute approximate surface area is 93.2 Å². The highest BCUT2D eigenvalue weighted by Crippen LogP contribution is 2.22. The van der Waals surface area contributed by atoms with Gasteiger partial charge in [0.2, 0.25) is 17.8 Å². The molecule has 2 rings (SSSR count). The zero-order valence-electron chi connectivity index (χ0n) is 9.05. The van der Waals surface area contributed by atoms with Crippen molar-refractivity contribution < 1.29 is 4.79 Å². The summed E-state index contributed by atoms with van der Waals surface area (Å²) in [6, 6.07) is 0. The van der Waals surface area contributed by atoms with E-state index in [1.807, 2.05) is 0 Å². The second-order valence-corrected chi connectivity index (χ2v) is 3.75. The second-order valence-electron chi connectivity index (χ2n) is 3.75. The monoisotopic (exact) mass is 219 g/mol. The van der Waals surface area contributed by atoms with E-state index in [2.05, 4.69) is 21.5 Å². The number of aromatic nitrogens is 3. The highest BCUT2D eigenvalue weighted by atomic mass is 16.2. The first-order valence-corrected chi connectivity index (χ1v) is 5.01. The van der Waals surface area contributed by atoms with Gasteiger partial charge in [-0.05, 0) is 6.92 Å². The van der Waals surface area contributed by atoms with Crippen LogP contribution in [0.5, 0.6) is 0 Å². The number of aryl methyl sites for hydroxylation is 1. The number of amides is 1. The minimum Gasteiger partial charge on any atom is -0.368 e. The molecule has 1 fully saturated rings. The molecule has 0 aromatic carbocycles. The molecule has 0 spiro atoms. The van der Waals surface area contributed by atoms with Gasteiger partial charge in [-0.3, -0.25) is 9.69 Å². The van der Waals surface area contributed by atoms with Crippen molar-refractivity contribution in [2.45, 2.75) is 13.3 Å². The Morgan fingerprint density at radius 3 is 2.81 bits per heavy atom. The molecule has 1 atom stereocenters. The Hall–Kier alpha value is -1.98. The predicted molar refractivity (Wildman–Crippen MR) is 59.6 cm³/mol. The molecule has 1 unspecified atom stereocenters. The van der Waals surface area contributed by atoms with E-state index < -0.39 is 0 Å². The van der Waals surface area contributed by atoms with Crippen molar-refractivity contribution in [3.8, 4) is 0 Å². The highest BCUT2D eigenvalue weighted by molar-refractivity contribution is 5.94. The van der Waals surface area contributed by atoms with Gasteiger partial charge < -0.3 is 5.73 Å². The summed E-state index contributed by atoms with van der Waals surface area (Å²) in [6.45, 7) is 5.96. The molecule has 0 saturated carbocycles. The topological polar surface area (TPSA) is 85.0 Å². The molecule has 2 heterocycles. The molecule has 1 aromatic heterocycles. The quantitative estimate of drug-likeness (QED) is 0.723. The minimum absolute atomic E-state index is 0.00472. The van der Waals surface area contributed by atoms with Crippen molar-refractivity contribution in [2.24, 2.45) is 5.92 Å².